The average Bonchev–Trinajstić information content (AvgIpc) is 3.04. The molecule has 2 aliphatic rings. The van der Waals surface area contributed by atoms with Crippen molar-refractivity contribution in [2.24, 2.45) is 9.98 Å². The quantitative estimate of drug-likeness (QED) is 0.618. The summed E-state index contributed by atoms with van der Waals surface area (Å²) in [6.45, 7) is 1.36. The zero-order chi connectivity index (χ0) is 19.9. The second kappa shape index (κ2) is 6.88. The van der Waals surface area contributed by atoms with Gasteiger partial charge in [-0.25, -0.2) is 4.39 Å². The molecule has 0 saturated heterocycles. The summed E-state index contributed by atoms with van der Waals surface area (Å²) in [6.07, 6.45) is -2.22. The summed E-state index contributed by atoms with van der Waals surface area (Å²) < 4.78 is 55.5. The molecule has 28 heavy (non-hydrogen) atoms. The Kier molecular flexibility index (Phi) is 4.65. The normalized spacial score (nSPS) is 21.5. The number of benzene rings is 2. The van der Waals surface area contributed by atoms with Gasteiger partial charge in [0, 0.05) is 13.1 Å². The van der Waals surface area contributed by atoms with E-state index < -0.39 is 17.7 Å². The number of aliphatic imine (C=N–C) groups is 2. The van der Waals surface area contributed by atoms with E-state index in [2.05, 4.69) is 25.7 Å². The summed E-state index contributed by atoms with van der Waals surface area (Å²) in [5.74, 6) is -0.0740. The molecule has 0 saturated carbocycles. The molecule has 2 aliphatic heterocycles. The van der Waals surface area contributed by atoms with Crippen molar-refractivity contribution in [1.82, 2.24) is 4.90 Å². The number of ether oxygens (including phenoxy) is 1. The van der Waals surface area contributed by atoms with E-state index in [0.717, 1.165) is 13.0 Å². The molecule has 2 heterocycles. The molecule has 4 rings (SSSR count). The van der Waals surface area contributed by atoms with Crippen molar-refractivity contribution in [2.75, 3.05) is 13.1 Å². The maximum atomic E-state index is 13.8. The van der Waals surface area contributed by atoms with Crippen molar-refractivity contribution in [2.45, 2.75) is 18.3 Å². The van der Waals surface area contributed by atoms with Crippen LogP contribution in [0.3, 0.4) is 0 Å². The highest BCUT2D eigenvalue weighted by atomic mass is 79.9. The maximum Gasteiger partial charge on any atom is 0.573 e. The molecule has 0 aromatic heterocycles. The first kappa shape index (κ1) is 18.9. The molecule has 0 aliphatic carbocycles. The molecule has 0 N–H and O–H groups in total. The van der Waals surface area contributed by atoms with E-state index >= 15 is 0 Å². The Morgan fingerprint density at radius 3 is 2.46 bits per heavy atom. The van der Waals surface area contributed by atoms with Gasteiger partial charge >= 0.3 is 6.36 Å². The van der Waals surface area contributed by atoms with E-state index in [9.17, 15) is 17.6 Å². The molecular weight excluding hydrogens is 442 g/mol. The van der Waals surface area contributed by atoms with Crippen LogP contribution in [0.2, 0.25) is 0 Å². The molecular formula is C19H14BrF4N3O. The number of nitrogens with zero attached hydrogens (tertiary/aromatic N) is 3. The van der Waals surface area contributed by atoms with E-state index in [4.69, 9.17) is 4.99 Å². The predicted octanol–water partition coefficient (Wildman–Crippen LogP) is 4.88. The molecule has 1 atom stereocenters. The van der Waals surface area contributed by atoms with E-state index in [0.29, 0.717) is 23.5 Å². The molecule has 0 amide bonds. The van der Waals surface area contributed by atoms with Gasteiger partial charge in [-0.15, -0.1) is 13.2 Å². The summed E-state index contributed by atoms with van der Waals surface area (Å²) in [5.41, 5.74) is 0.206. The molecule has 9 heteroatoms. The SMILES string of the molecule is Fc1ccc(C2(c3ccc(OC(F)(F)F)cc3)N=CN3CCCN=C32)cc1Br. The highest BCUT2D eigenvalue weighted by Crippen LogP contribution is 2.42. The van der Waals surface area contributed by atoms with Gasteiger partial charge in [-0.05, 0) is 57.7 Å². The molecule has 146 valence electrons. The molecule has 2 aromatic carbocycles. The Bertz CT molecular complexity index is 959. The molecule has 4 nitrogen and oxygen atoms in total. The molecule has 0 spiro atoms. The van der Waals surface area contributed by atoms with Crippen molar-refractivity contribution in [1.29, 1.82) is 0 Å². The lowest BCUT2D eigenvalue weighted by atomic mass is 9.82. The fraction of sp³-hybridized carbons (Fsp3) is 0.263. The number of rotatable bonds is 3. The van der Waals surface area contributed by atoms with Gasteiger partial charge in [-0.3, -0.25) is 9.98 Å². The van der Waals surface area contributed by atoms with Gasteiger partial charge < -0.3 is 9.64 Å². The lowest BCUT2D eigenvalue weighted by Gasteiger charge is -2.33. The van der Waals surface area contributed by atoms with Crippen LogP contribution in [0.5, 0.6) is 5.75 Å². The smallest absolute Gasteiger partial charge is 0.406 e. The van der Waals surface area contributed by atoms with Gasteiger partial charge in [0.1, 0.15) is 17.4 Å². The minimum atomic E-state index is -4.77. The topological polar surface area (TPSA) is 37.2 Å². The molecule has 0 bridgehead atoms. The van der Waals surface area contributed by atoms with E-state index in [1.807, 2.05) is 4.90 Å². The zero-order valence-corrected chi connectivity index (χ0v) is 16.0. The lowest BCUT2D eigenvalue weighted by Crippen LogP contribution is -2.43. The van der Waals surface area contributed by atoms with Crippen LogP contribution in [0.1, 0.15) is 17.5 Å². The molecule has 1 unspecified atom stereocenters. The number of hydrogen-bond donors (Lipinski definition) is 0. The van der Waals surface area contributed by atoms with Crippen LogP contribution in [-0.4, -0.2) is 36.5 Å². The minimum absolute atomic E-state index is 0.270. The third-order valence-corrected chi connectivity index (χ3v) is 5.26. The highest BCUT2D eigenvalue weighted by Gasteiger charge is 2.46. The summed E-state index contributed by atoms with van der Waals surface area (Å²) in [4.78, 5) is 11.2. The van der Waals surface area contributed by atoms with Gasteiger partial charge in [0.2, 0.25) is 0 Å². The molecule has 0 radical (unpaired) electrons. The third-order valence-electron chi connectivity index (χ3n) is 4.65. The van der Waals surface area contributed by atoms with Gasteiger partial charge in [0.05, 0.1) is 10.8 Å². The van der Waals surface area contributed by atoms with Crippen LogP contribution >= 0.6 is 15.9 Å². The van der Waals surface area contributed by atoms with Crippen LogP contribution in [0.4, 0.5) is 17.6 Å². The molecule has 2 aromatic rings. The van der Waals surface area contributed by atoms with Crippen LogP contribution in [-0.2, 0) is 5.54 Å². The predicted molar refractivity (Wildman–Crippen MR) is 100 cm³/mol. The van der Waals surface area contributed by atoms with Crippen molar-refractivity contribution < 1.29 is 22.3 Å². The van der Waals surface area contributed by atoms with Crippen molar-refractivity contribution in [3.8, 4) is 5.75 Å². The average molecular weight is 456 g/mol. The minimum Gasteiger partial charge on any atom is -0.406 e. The van der Waals surface area contributed by atoms with E-state index in [1.165, 1.54) is 30.3 Å². The fourth-order valence-corrected chi connectivity index (χ4v) is 3.84. The number of fused-ring (bicyclic) bond motifs is 1. The van der Waals surface area contributed by atoms with Gasteiger partial charge in [-0.1, -0.05) is 18.2 Å². The Hall–Kier alpha value is -2.42. The maximum absolute atomic E-state index is 13.8. The Morgan fingerprint density at radius 1 is 1.07 bits per heavy atom. The van der Waals surface area contributed by atoms with Crippen molar-refractivity contribution in [3.05, 3.63) is 63.9 Å². The highest BCUT2D eigenvalue weighted by molar-refractivity contribution is 9.10. The summed E-state index contributed by atoms with van der Waals surface area (Å²) in [6, 6.07) is 10.1. The largest absolute Gasteiger partial charge is 0.573 e. The monoisotopic (exact) mass is 455 g/mol. The van der Waals surface area contributed by atoms with Crippen LogP contribution in [0.25, 0.3) is 0 Å². The van der Waals surface area contributed by atoms with E-state index in [1.54, 1.807) is 18.5 Å². The van der Waals surface area contributed by atoms with Crippen LogP contribution in [0.15, 0.2) is 56.9 Å². The zero-order valence-electron chi connectivity index (χ0n) is 14.4. The number of hydrogen-bond acceptors (Lipinski definition) is 4. The standard InChI is InChI=1S/C19H14BrF4N3O/c20-15-10-13(4-7-16(15)21)18(17-25-8-1-9-27(17)11-26-18)12-2-5-14(6-3-12)28-19(22,23)24/h2-7,10-11H,1,8-9H2. The lowest BCUT2D eigenvalue weighted by molar-refractivity contribution is -0.274. The summed E-state index contributed by atoms with van der Waals surface area (Å²) in [5, 5.41) is 0. The first-order chi connectivity index (χ1) is 13.3. The second-order valence-electron chi connectivity index (χ2n) is 6.41. The first-order valence-electron chi connectivity index (χ1n) is 8.48. The van der Waals surface area contributed by atoms with Crippen LogP contribution in [0, 0.1) is 5.82 Å². The Balaban J connectivity index is 1.84. The number of amidine groups is 1. The Morgan fingerprint density at radius 2 is 1.79 bits per heavy atom. The first-order valence-corrected chi connectivity index (χ1v) is 9.28. The summed E-state index contributed by atoms with van der Waals surface area (Å²) >= 11 is 3.20. The summed E-state index contributed by atoms with van der Waals surface area (Å²) in [7, 11) is 0. The van der Waals surface area contributed by atoms with Gasteiger partial charge in [0.15, 0.2) is 5.54 Å². The van der Waals surface area contributed by atoms with Gasteiger partial charge in [-0.2, -0.15) is 0 Å². The number of halogens is 5. The van der Waals surface area contributed by atoms with Gasteiger partial charge in [0.25, 0.3) is 0 Å². The van der Waals surface area contributed by atoms with Crippen molar-refractivity contribution >= 4 is 28.1 Å². The third kappa shape index (κ3) is 3.28. The molecule has 0 fully saturated rings. The second-order valence-corrected chi connectivity index (χ2v) is 7.26. The van der Waals surface area contributed by atoms with E-state index in [-0.39, 0.29) is 10.2 Å². The number of alkyl halides is 3. The van der Waals surface area contributed by atoms with Crippen molar-refractivity contribution in [3.63, 3.8) is 0 Å². The van der Waals surface area contributed by atoms with Crippen LogP contribution < -0.4 is 4.74 Å². The fourth-order valence-electron chi connectivity index (χ4n) is 3.46. The Labute approximate surface area is 166 Å².